The summed E-state index contributed by atoms with van der Waals surface area (Å²) in [6.07, 6.45) is 10.3. The maximum Gasteiger partial charge on any atom is 0.220 e. The van der Waals surface area contributed by atoms with Gasteiger partial charge in [-0.25, -0.2) is 0 Å². The molecule has 0 saturated heterocycles. The molecule has 4 heteroatoms. The van der Waals surface area contributed by atoms with Crippen molar-refractivity contribution in [3.05, 3.63) is 53.9 Å². The van der Waals surface area contributed by atoms with Gasteiger partial charge in [0.2, 0.25) is 5.91 Å². The highest BCUT2D eigenvalue weighted by molar-refractivity contribution is 5.75. The molecule has 1 N–H and O–H groups in total. The van der Waals surface area contributed by atoms with Gasteiger partial charge in [0.1, 0.15) is 0 Å². The highest BCUT2D eigenvalue weighted by Gasteiger charge is 2.02. The van der Waals surface area contributed by atoms with E-state index in [1.54, 1.807) is 6.20 Å². The Morgan fingerprint density at radius 2 is 1.96 bits per heavy atom. The average Bonchev–Trinajstić information content (AvgIpc) is 3.06. The molecule has 0 aliphatic carbocycles. The van der Waals surface area contributed by atoms with E-state index in [2.05, 4.69) is 29.5 Å². The van der Waals surface area contributed by atoms with E-state index in [4.69, 9.17) is 0 Å². The Morgan fingerprint density at radius 3 is 2.74 bits per heavy atom. The SMILES string of the molecule is CCCCCCCC(=O)NCc1cccc(Cn2cccn2)c1. The number of nitrogens with one attached hydrogen (secondary N) is 1. The molecule has 0 aliphatic rings. The third-order valence-electron chi connectivity index (χ3n) is 3.89. The lowest BCUT2D eigenvalue weighted by molar-refractivity contribution is -0.121. The molecule has 2 aromatic rings. The summed E-state index contributed by atoms with van der Waals surface area (Å²) in [6.45, 7) is 3.56. The van der Waals surface area contributed by atoms with Crippen molar-refractivity contribution < 1.29 is 4.79 Å². The number of nitrogens with zero attached hydrogens (tertiary/aromatic N) is 2. The van der Waals surface area contributed by atoms with E-state index in [1.165, 1.54) is 24.8 Å². The van der Waals surface area contributed by atoms with Crippen molar-refractivity contribution >= 4 is 5.91 Å². The molecule has 0 fully saturated rings. The summed E-state index contributed by atoms with van der Waals surface area (Å²) in [5.41, 5.74) is 2.33. The second-order valence-corrected chi connectivity index (χ2v) is 5.96. The molecule has 0 bridgehead atoms. The summed E-state index contributed by atoms with van der Waals surface area (Å²) in [5.74, 6) is 0.152. The molecule has 1 aromatic carbocycles. The minimum Gasteiger partial charge on any atom is -0.352 e. The summed E-state index contributed by atoms with van der Waals surface area (Å²) in [7, 11) is 0. The van der Waals surface area contributed by atoms with E-state index < -0.39 is 0 Å². The van der Waals surface area contributed by atoms with Crippen LogP contribution in [-0.2, 0) is 17.9 Å². The Balaban J connectivity index is 1.71. The molecular weight excluding hydrogens is 286 g/mol. The van der Waals surface area contributed by atoms with E-state index in [0.717, 1.165) is 24.9 Å². The van der Waals surface area contributed by atoms with Gasteiger partial charge in [-0.15, -0.1) is 0 Å². The molecule has 0 spiro atoms. The monoisotopic (exact) mass is 313 g/mol. The van der Waals surface area contributed by atoms with Gasteiger partial charge in [0.05, 0.1) is 6.54 Å². The van der Waals surface area contributed by atoms with Crippen LogP contribution in [0.5, 0.6) is 0 Å². The molecule has 4 nitrogen and oxygen atoms in total. The van der Waals surface area contributed by atoms with E-state index in [-0.39, 0.29) is 5.91 Å². The molecule has 124 valence electrons. The number of aromatic nitrogens is 2. The van der Waals surface area contributed by atoms with Crippen LogP contribution in [0.15, 0.2) is 42.7 Å². The van der Waals surface area contributed by atoms with Crippen LogP contribution < -0.4 is 5.32 Å². The van der Waals surface area contributed by atoms with Crippen molar-refractivity contribution in [3.63, 3.8) is 0 Å². The predicted molar refractivity (Wildman–Crippen MR) is 93.0 cm³/mol. The minimum absolute atomic E-state index is 0.152. The largest absolute Gasteiger partial charge is 0.352 e. The zero-order chi connectivity index (χ0) is 16.3. The molecule has 1 heterocycles. The van der Waals surface area contributed by atoms with Crippen LogP contribution in [0.1, 0.15) is 56.6 Å². The Kier molecular flexibility index (Phi) is 7.37. The van der Waals surface area contributed by atoms with Crippen LogP contribution >= 0.6 is 0 Å². The zero-order valence-electron chi connectivity index (χ0n) is 14.0. The normalized spacial score (nSPS) is 10.7. The summed E-state index contributed by atoms with van der Waals surface area (Å²) >= 11 is 0. The average molecular weight is 313 g/mol. The van der Waals surface area contributed by atoms with Gasteiger partial charge in [0, 0.05) is 25.4 Å². The molecule has 1 amide bonds. The molecular formula is C19H27N3O. The fourth-order valence-electron chi connectivity index (χ4n) is 2.60. The van der Waals surface area contributed by atoms with Gasteiger partial charge >= 0.3 is 0 Å². The van der Waals surface area contributed by atoms with Crippen molar-refractivity contribution in [2.45, 2.75) is 58.5 Å². The molecule has 0 unspecified atom stereocenters. The first kappa shape index (κ1) is 17.3. The summed E-state index contributed by atoms with van der Waals surface area (Å²) < 4.78 is 1.90. The fraction of sp³-hybridized carbons (Fsp3) is 0.474. The standard InChI is InChI=1S/C19H27N3O/c1-2-3-4-5-6-11-19(23)20-15-17-9-7-10-18(14-17)16-22-13-8-12-21-22/h7-10,12-14H,2-6,11,15-16H2,1H3,(H,20,23). The van der Waals surface area contributed by atoms with Crippen molar-refractivity contribution in [1.82, 2.24) is 15.1 Å². The second kappa shape index (κ2) is 9.82. The number of carbonyl (C=O) groups is 1. The van der Waals surface area contributed by atoms with Crippen molar-refractivity contribution in [2.24, 2.45) is 0 Å². The lowest BCUT2D eigenvalue weighted by Crippen LogP contribution is -2.22. The maximum atomic E-state index is 11.9. The molecule has 0 atom stereocenters. The predicted octanol–water partition coefficient (Wildman–Crippen LogP) is 3.91. The van der Waals surface area contributed by atoms with Gasteiger partial charge in [0.25, 0.3) is 0 Å². The highest BCUT2D eigenvalue weighted by atomic mass is 16.1. The van der Waals surface area contributed by atoms with Gasteiger partial charge in [-0.2, -0.15) is 5.10 Å². The second-order valence-electron chi connectivity index (χ2n) is 5.96. The first-order valence-electron chi connectivity index (χ1n) is 8.60. The van der Waals surface area contributed by atoms with Crippen LogP contribution in [0.25, 0.3) is 0 Å². The van der Waals surface area contributed by atoms with Gasteiger partial charge in [-0.05, 0) is 23.6 Å². The first-order chi connectivity index (χ1) is 11.3. The van der Waals surface area contributed by atoms with Crippen molar-refractivity contribution in [2.75, 3.05) is 0 Å². The smallest absolute Gasteiger partial charge is 0.220 e. The molecule has 2 rings (SSSR count). The van der Waals surface area contributed by atoms with Gasteiger partial charge < -0.3 is 5.32 Å². The number of hydrogen-bond acceptors (Lipinski definition) is 2. The number of benzene rings is 1. The minimum atomic E-state index is 0.152. The number of carbonyl (C=O) groups excluding carboxylic acids is 1. The van der Waals surface area contributed by atoms with Gasteiger partial charge in [-0.3, -0.25) is 9.48 Å². The molecule has 23 heavy (non-hydrogen) atoms. The van der Waals surface area contributed by atoms with Crippen molar-refractivity contribution in [3.8, 4) is 0 Å². The Hall–Kier alpha value is -2.10. The van der Waals surface area contributed by atoms with Crippen LogP contribution in [0.3, 0.4) is 0 Å². The molecule has 0 radical (unpaired) electrons. The summed E-state index contributed by atoms with van der Waals surface area (Å²) in [4.78, 5) is 11.9. The number of unbranched alkanes of at least 4 members (excludes halogenated alkanes) is 4. The summed E-state index contributed by atoms with van der Waals surface area (Å²) in [6, 6.07) is 10.2. The summed E-state index contributed by atoms with van der Waals surface area (Å²) in [5, 5.41) is 7.23. The Labute approximate surface area is 138 Å². The number of rotatable bonds is 10. The Bertz CT molecular complexity index is 578. The van der Waals surface area contributed by atoms with Crippen LogP contribution in [0, 0.1) is 0 Å². The molecule has 1 aromatic heterocycles. The van der Waals surface area contributed by atoms with Crippen LogP contribution in [-0.4, -0.2) is 15.7 Å². The van der Waals surface area contributed by atoms with E-state index in [1.807, 2.05) is 29.1 Å². The third-order valence-corrected chi connectivity index (χ3v) is 3.89. The maximum absolute atomic E-state index is 11.9. The van der Waals surface area contributed by atoms with Crippen LogP contribution in [0.2, 0.25) is 0 Å². The van der Waals surface area contributed by atoms with E-state index in [0.29, 0.717) is 13.0 Å². The lowest BCUT2D eigenvalue weighted by atomic mass is 10.1. The van der Waals surface area contributed by atoms with E-state index >= 15 is 0 Å². The highest BCUT2D eigenvalue weighted by Crippen LogP contribution is 2.08. The molecule has 0 aliphatic heterocycles. The van der Waals surface area contributed by atoms with E-state index in [9.17, 15) is 4.79 Å². The number of hydrogen-bond donors (Lipinski definition) is 1. The third kappa shape index (κ3) is 6.68. The van der Waals surface area contributed by atoms with Crippen LogP contribution in [0.4, 0.5) is 0 Å². The van der Waals surface area contributed by atoms with Gasteiger partial charge in [0.15, 0.2) is 0 Å². The lowest BCUT2D eigenvalue weighted by Gasteiger charge is -2.08. The van der Waals surface area contributed by atoms with Gasteiger partial charge in [-0.1, -0.05) is 56.9 Å². The Morgan fingerprint density at radius 1 is 1.13 bits per heavy atom. The molecule has 0 saturated carbocycles. The topological polar surface area (TPSA) is 46.9 Å². The van der Waals surface area contributed by atoms with Crippen molar-refractivity contribution in [1.29, 1.82) is 0 Å². The fourth-order valence-corrected chi connectivity index (χ4v) is 2.60. The zero-order valence-corrected chi connectivity index (χ0v) is 14.0. The quantitative estimate of drug-likeness (QED) is 0.676. The number of amides is 1. The first-order valence-corrected chi connectivity index (χ1v) is 8.60.